The van der Waals surface area contributed by atoms with Gasteiger partial charge in [-0.25, -0.2) is 9.13 Å². The van der Waals surface area contributed by atoms with Crippen molar-refractivity contribution in [2.45, 2.75) is 52.6 Å². The molecule has 3 rings (SSSR count). The Morgan fingerprint density at radius 1 is 1.20 bits per heavy atom. The summed E-state index contributed by atoms with van der Waals surface area (Å²) in [5.74, 6) is 1.52. The second-order valence-corrected chi connectivity index (χ2v) is 5.60. The molecule has 0 saturated heterocycles. The smallest absolute Gasteiger partial charge is 0.257 e. The summed E-state index contributed by atoms with van der Waals surface area (Å²) in [6, 6.07) is 8.92. The van der Waals surface area contributed by atoms with Crippen LogP contribution in [-0.4, -0.2) is 4.57 Å². The van der Waals surface area contributed by atoms with E-state index in [1.165, 1.54) is 54.9 Å². The van der Waals surface area contributed by atoms with Crippen LogP contribution in [0.15, 0.2) is 30.5 Å². The van der Waals surface area contributed by atoms with E-state index in [2.05, 4.69) is 53.4 Å². The molecule has 0 bridgehead atoms. The number of hydrogen-bond donors (Lipinski definition) is 0. The molecule has 1 aliphatic heterocycles. The number of nitrogens with zero attached hydrogens (tertiary/aromatic N) is 2. The molecule has 0 aliphatic carbocycles. The first-order valence-electron chi connectivity index (χ1n) is 7.48. The highest BCUT2D eigenvalue weighted by atomic mass is 79.9. The van der Waals surface area contributed by atoms with Crippen molar-refractivity contribution >= 4 is 0 Å². The fraction of sp³-hybridized carbons (Fsp3) is 0.471. The zero-order chi connectivity index (χ0) is 13.2. The summed E-state index contributed by atoms with van der Waals surface area (Å²) in [4.78, 5) is 0. The van der Waals surface area contributed by atoms with Crippen molar-refractivity contribution in [2.75, 3.05) is 0 Å². The summed E-state index contributed by atoms with van der Waals surface area (Å²) >= 11 is 0. The summed E-state index contributed by atoms with van der Waals surface area (Å²) in [7, 11) is 0. The van der Waals surface area contributed by atoms with E-state index in [4.69, 9.17) is 0 Å². The fourth-order valence-corrected chi connectivity index (χ4v) is 2.99. The molecular formula is C17H23BrN2. The normalized spacial score (nSPS) is 13.1. The van der Waals surface area contributed by atoms with Crippen molar-refractivity contribution in [1.82, 2.24) is 4.57 Å². The molecule has 1 aliphatic rings. The van der Waals surface area contributed by atoms with E-state index in [1.54, 1.807) is 0 Å². The van der Waals surface area contributed by atoms with Gasteiger partial charge in [0.25, 0.3) is 5.82 Å². The fourth-order valence-electron chi connectivity index (χ4n) is 2.99. The molecule has 3 heteroatoms. The van der Waals surface area contributed by atoms with Gasteiger partial charge in [-0.1, -0.05) is 43.2 Å². The Kier molecular flexibility index (Phi) is 5.03. The van der Waals surface area contributed by atoms with E-state index >= 15 is 0 Å². The van der Waals surface area contributed by atoms with Crippen LogP contribution in [-0.2, 0) is 19.5 Å². The Hall–Kier alpha value is -1.09. The molecule has 0 fully saturated rings. The van der Waals surface area contributed by atoms with Gasteiger partial charge in [0, 0.05) is 5.56 Å². The van der Waals surface area contributed by atoms with Crippen LogP contribution in [0.2, 0.25) is 0 Å². The summed E-state index contributed by atoms with van der Waals surface area (Å²) in [5.41, 5.74) is 4.07. The lowest BCUT2D eigenvalue weighted by Gasteiger charge is -1.99. The second-order valence-electron chi connectivity index (χ2n) is 5.60. The predicted molar refractivity (Wildman–Crippen MR) is 78.0 cm³/mol. The van der Waals surface area contributed by atoms with Crippen molar-refractivity contribution < 1.29 is 21.5 Å². The van der Waals surface area contributed by atoms with Crippen molar-refractivity contribution in [3.05, 3.63) is 41.9 Å². The van der Waals surface area contributed by atoms with Gasteiger partial charge < -0.3 is 17.0 Å². The van der Waals surface area contributed by atoms with E-state index in [9.17, 15) is 0 Å². The third-order valence-corrected chi connectivity index (χ3v) is 4.09. The standard InChI is InChI=1S/C17H23N2.BrH/c1-3-4-11-18-13-16(19-12-5-6-17(18)19)15-9-7-14(2)8-10-15;/h7-10,13H,3-6,11-12H2,1-2H3;1H/q+1;/p-1. The zero-order valence-electron chi connectivity index (χ0n) is 12.4. The first kappa shape index (κ1) is 15.3. The van der Waals surface area contributed by atoms with Crippen LogP contribution < -0.4 is 21.5 Å². The maximum absolute atomic E-state index is 2.51. The number of benzene rings is 1. The van der Waals surface area contributed by atoms with Gasteiger partial charge in [0.1, 0.15) is 6.20 Å². The average Bonchev–Trinajstić information content (AvgIpc) is 3.00. The molecule has 20 heavy (non-hydrogen) atoms. The number of aromatic nitrogens is 2. The molecule has 1 aromatic carbocycles. The van der Waals surface area contributed by atoms with Gasteiger partial charge in [0.2, 0.25) is 0 Å². The third-order valence-electron chi connectivity index (χ3n) is 4.09. The predicted octanol–water partition coefficient (Wildman–Crippen LogP) is 0.501. The summed E-state index contributed by atoms with van der Waals surface area (Å²) in [6.45, 7) is 6.75. The molecule has 0 saturated carbocycles. The number of halogens is 1. The van der Waals surface area contributed by atoms with Gasteiger partial charge in [-0.2, -0.15) is 0 Å². The number of aryl methyl sites for hydroxylation is 2. The maximum Gasteiger partial charge on any atom is 0.257 e. The lowest BCUT2D eigenvalue weighted by molar-refractivity contribution is -0.703. The zero-order valence-corrected chi connectivity index (χ0v) is 14.0. The number of hydrogen-bond acceptors (Lipinski definition) is 0. The number of imidazole rings is 1. The van der Waals surface area contributed by atoms with Crippen LogP contribution in [0.4, 0.5) is 0 Å². The summed E-state index contributed by atoms with van der Waals surface area (Å²) in [5, 5.41) is 0. The van der Waals surface area contributed by atoms with Gasteiger partial charge in [-0.3, -0.25) is 0 Å². The van der Waals surface area contributed by atoms with Crippen molar-refractivity contribution in [1.29, 1.82) is 0 Å². The summed E-state index contributed by atoms with van der Waals surface area (Å²) < 4.78 is 4.99. The molecule has 0 unspecified atom stereocenters. The van der Waals surface area contributed by atoms with Gasteiger partial charge in [-0.15, -0.1) is 0 Å². The van der Waals surface area contributed by atoms with E-state index in [0.717, 1.165) is 6.54 Å². The first-order chi connectivity index (χ1) is 9.29. The van der Waals surface area contributed by atoms with Crippen molar-refractivity contribution in [3.63, 3.8) is 0 Å². The Balaban J connectivity index is 0.00000147. The van der Waals surface area contributed by atoms with Crippen LogP contribution >= 0.6 is 0 Å². The van der Waals surface area contributed by atoms with Crippen LogP contribution in [0.25, 0.3) is 11.3 Å². The highest BCUT2D eigenvalue weighted by Gasteiger charge is 2.28. The van der Waals surface area contributed by atoms with Crippen molar-refractivity contribution in [3.8, 4) is 11.3 Å². The second kappa shape index (κ2) is 6.57. The molecule has 108 valence electrons. The minimum absolute atomic E-state index is 0. The molecule has 0 amide bonds. The molecule has 0 atom stereocenters. The van der Waals surface area contributed by atoms with Crippen molar-refractivity contribution in [2.24, 2.45) is 0 Å². The number of unbranched alkanes of at least 4 members (excludes halogenated alkanes) is 1. The van der Waals surface area contributed by atoms with E-state index in [-0.39, 0.29) is 17.0 Å². The van der Waals surface area contributed by atoms with E-state index in [1.807, 2.05) is 0 Å². The quantitative estimate of drug-likeness (QED) is 0.720. The minimum Gasteiger partial charge on any atom is -1.00 e. The molecule has 0 N–H and O–H groups in total. The number of rotatable bonds is 4. The molecular weight excluding hydrogens is 312 g/mol. The average molecular weight is 335 g/mol. The Labute approximate surface area is 132 Å². The van der Waals surface area contributed by atoms with E-state index < -0.39 is 0 Å². The molecule has 0 radical (unpaired) electrons. The van der Waals surface area contributed by atoms with Crippen LogP contribution in [0.5, 0.6) is 0 Å². The first-order valence-corrected chi connectivity index (χ1v) is 7.48. The Morgan fingerprint density at radius 2 is 1.95 bits per heavy atom. The molecule has 0 spiro atoms. The van der Waals surface area contributed by atoms with Gasteiger partial charge in [0.05, 0.1) is 19.5 Å². The lowest BCUT2D eigenvalue weighted by Crippen LogP contribution is -3.00. The highest BCUT2D eigenvalue weighted by molar-refractivity contribution is 5.59. The molecule has 1 aromatic heterocycles. The third kappa shape index (κ3) is 2.83. The maximum atomic E-state index is 2.51. The van der Waals surface area contributed by atoms with Crippen LogP contribution in [0.1, 0.15) is 37.6 Å². The van der Waals surface area contributed by atoms with Gasteiger partial charge >= 0.3 is 0 Å². The largest absolute Gasteiger partial charge is 1.00 e. The molecule has 2 heterocycles. The van der Waals surface area contributed by atoms with Gasteiger partial charge in [-0.05, 0) is 19.8 Å². The molecule has 2 nitrogen and oxygen atoms in total. The Bertz CT molecular complexity index is 569. The number of fused-ring (bicyclic) bond motifs is 1. The Morgan fingerprint density at radius 3 is 2.65 bits per heavy atom. The monoisotopic (exact) mass is 334 g/mol. The highest BCUT2D eigenvalue weighted by Crippen LogP contribution is 2.25. The van der Waals surface area contributed by atoms with Crippen LogP contribution in [0.3, 0.4) is 0 Å². The molecule has 2 aromatic rings. The SMILES string of the molecule is CCCC[n+]1cc(-c2ccc(C)cc2)n2c1CCC2.[Br-]. The summed E-state index contributed by atoms with van der Waals surface area (Å²) in [6.07, 6.45) is 7.41. The van der Waals surface area contributed by atoms with Gasteiger partial charge in [0.15, 0.2) is 5.69 Å². The lowest BCUT2D eigenvalue weighted by atomic mass is 10.1. The minimum atomic E-state index is 0. The van der Waals surface area contributed by atoms with E-state index in [0.29, 0.717) is 0 Å². The van der Waals surface area contributed by atoms with Crippen LogP contribution in [0, 0.1) is 6.92 Å². The topological polar surface area (TPSA) is 8.81 Å².